The molecule has 0 spiro atoms. The molecule has 1 aromatic heterocycles. The molecular weight excluding hydrogens is 197 g/mol. The molecular formula is C10H14FN3O. The van der Waals surface area contributed by atoms with Crippen LogP contribution in [0.25, 0.3) is 0 Å². The van der Waals surface area contributed by atoms with Gasteiger partial charge in [0.2, 0.25) is 5.95 Å². The van der Waals surface area contributed by atoms with Gasteiger partial charge >= 0.3 is 0 Å². The van der Waals surface area contributed by atoms with Crippen molar-refractivity contribution >= 4 is 5.82 Å². The summed E-state index contributed by atoms with van der Waals surface area (Å²) < 4.78 is 13.2. The Labute approximate surface area is 87.8 Å². The normalized spacial score (nSPS) is 26.0. The van der Waals surface area contributed by atoms with Gasteiger partial charge in [-0.3, -0.25) is 0 Å². The van der Waals surface area contributed by atoms with E-state index >= 15 is 0 Å². The average Bonchev–Trinajstić information content (AvgIpc) is 2.51. The molecule has 0 bridgehead atoms. The summed E-state index contributed by atoms with van der Waals surface area (Å²) in [6, 6.07) is 0. The summed E-state index contributed by atoms with van der Waals surface area (Å²) in [7, 11) is 0. The van der Waals surface area contributed by atoms with E-state index in [2.05, 4.69) is 9.97 Å². The van der Waals surface area contributed by atoms with Gasteiger partial charge in [-0.15, -0.1) is 0 Å². The molecule has 0 radical (unpaired) electrons. The van der Waals surface area contributed by atoms with Gasteiger partial charge in [0, 0.05) is 24.6 Å². The molecule has 15 heavy (non-hydrogen) atoms. The van der Waals surface area contributed by atoms with Crippen LogP contribution in [0.3, 0.4) is 0 Å². The molecule has 82 valence electrons. The van der Waals surface area contributed by atoms with Gasteiger partial charge in [0.25, 0.3) is 0 Å². The van der Waals surface area contributed by atoms with Crippen molar-refractivity contribution in [1.29, 1.82) is 0 Å². The van der Waals surface area contributed by atoms with Crippen molar-refractivity contribution in [2.45, 2.75) is 20.0 Å². The largest absolute Gasteiger partial charge is 0.391 e. The Bertz CT molecular complexity index is 362. The minimum atomic E-state index is -0.492. The lowest BCUT2D eigenvalue weighted by molar-refractivity contribution is 0.157. The Kier molecular flexibility index (Phi) is 2.56. The van der Waals surface area contributed by atoms with Gasteiger partial charge < -0.3 is 10.0 Å². The highest BCUT2D eigenvalue weighted by Gasteiger charge is 2.29. The molecule has 1 fully saturated rings. The monoisotopic (exact) mass is 211 g/mol. The zero-order valence-corrected chi connectivity index (χ0v) is 8.81. The molecule has 2 atom stereocenters. The molecule has 5 heteroatoms. The van der Waals surface area contributed by atoms with Crippen LogP contribution in [-0.2, 0) is 0 Å². The van der Waals surface area contributed by atoms with E-state index in [1.165, 1.54) is 6.33 Å². The summed E-state index contributed by atoms with van der Waals surface area (Å²) >= 11 is 0. The maximum atomic E-state index is 13.2. The molecule has 1 saturated heterocycles. The number of anilines is 1. The van der Waals surface area contributed by atoms with Gasteiger partial charge in [0.1, 0.15) is 12.1 Å². The predicted octanol–water partition coefficient (Wildman–Crippen LogP) is 0.741. The van der Waals surface area contributed by atoms with E-state index in [9.17, 15) is 9.50 Å². The molecule has 0 aliphatic carbocycles. The molecule has 1 aliphatic rings. The van der Waals surface area contributed by atoms with Crippen molar-refractivity contribution in [3.8, 4) is 0 Å². The molecule has 1 N–H and O–H groups in total. The van der Waals surface area contributed by atoms with E-state index in [0.29, 0.717) is 24.5 Å². The summed E-state index contributed by atoms with van der Waals surface area (Å²) in [5.74, 6) is 0.294. The van der Waals surface area contributed by atoms with E-state index in [1.807, 2.05) is 11.8 Å². The molecule has 1 aliphatic heterocycles. The SMILES string of the molecule is Cc1c(F)ncnc1N1C[C@@H](C)[C@H](O)C1. The predicted molar refractivity (Wildman–Crippen MR) is 54.1 cm³/mol. The van der Waals surface area contributed by atoms with E-state index < -0.39 is 5.95 Å². The van der Waals surface area contributed by atoms with Gasteiger partial charge in [-0.1, -0.05) is 6.92 Å². The third-order valence-corrected chi connectivity index (χ3v) is 2.87. The maximum absolute atomic E-state index is 13.2. The lowest BCUT2D eigenvalue weighted by Crippen LogP contribution is -2.23. The van der Waals surface area contributed by atoms with Crippen LogP contribution in [0.1, 0.15) is 12.5 Å². The van der Waals surface area contributed by atoms with Crippen LogP contribution >= 0.6 is 0 Å². The first kappa shape index (κ1) is 10.3. The molecule has 0 amide bonds. The number of hydrogen-bond acceptors (Lipinski definition) is 4. The average molecular weight is 211 g/mol. The Morgan fingerprint density at radius 2 is 2.20 bits per heavy atom. The zero-order chi connectivity index (χ0) is 11.0. The van der Waals surface area contributed by atoms with E-state index in [4.69, 9.17) is 0 Å². The first-order valence-corrected chi connectivity index (χ1v) is 4.99. The van der Waals surface area contributed by atoms with Crippen molar-refractivity contribution in [1.82, 2.24) is 9.97 Å². The smallest absolute Gasteiger partial charge is 0.220 e. The lowest BCUT2D eigenvalue weighted by Gasteiger charge is -2.18. The van der Waals surface area contributed by atoms with Crippen LogP contribution in [0.5, 0.6) is 0 Å². The Morgan fingerprint density at radius 1 is 1.47 bits per heavy atom. The van der Waals surface area contributed by atoms with Crippen LogP contribution in [-0.4, -0.2) is 34.3 Å². The third-order valence-electron chi connectivity index (χ3n) is 2.87. The van der Waals surface area contributed by atoms with Crippen LogP contribution in [0.15, 0.2) is 6.33 Å². The van der Waals surface area contributed by atoms with Crippen LogP contribution < -0.4 is 4.90 Å². The highest BCUT2D eigenvalue weighted by atomic mass is 19.1. The van der Waals surface area contributed by atoms with Gasteiger partial charge in [-0.05, 0) is 6.92 Å². The van der Waals surface area contributed by atoms with Crippen molar-refractivity contribution < 1.29 is 9.50 Å². The summed E-state index contributed by atoms with van der Waals surface area (Å²) in [4.78, 5) is 9.43. The number of halogens is 1. The number of aromatic nitrogens is 2. The summed E-state index contributed by atoms with van der Waals surface area (Å²) in [5, 5.41) is 9.61. The standard InChI is InChI=1S/C10H14FN3O/c1-6-3-14(4-8(6)15)10-7(2)9(11)12-5-13-10/h5-6,8,15H,3-4H2,1-2H3/t6-,8-/m1/s1. The minimum Gasteiger partial charge on any atom is -0.391 e. The summed E-state index contributed by atoms with van der Waals surface area (Å²) in [6.45, 7) is 4.84. The molecule has 0 saturated carbocycles. The molecule has 0 aromatic carbocycles. The second kappa shape index (κ2) is 3.73. The Balaban J connectivity index is 2.27. The van der Waals surface area contributed by atoms with Gasteiger partial charge in [-0.25, -0.2) is 9.97 Å². The highest BCUT2D eigenvalue weighted by molar-refractivity contribution is 5.46. The second-order valence-electron chi connectivity index (χ2n) is 4.06. The fraction of sp³-hybridized carbons (Fsp3) is 0.600. The number of hydrogen-bond donors (Lipinski definition) is 1. The van der Waals surface area contributed by atoms with Gasteiger partial charge in [0.15, 0.2) is 0 Å². The highest BCUT2D eigenvalue weighted by Crippen LogP contribution is 2.25. The molecule has 1 aromatic rings. The van der Waals surface area contributed by atoms with Gasteiger partial charge in [-0.2, -0.15) is 4.39 Å². The van der Waals surface area contributed by atoms with E-state index in [-0.39, 0.29) is 12.0 Å². The van der Waals surface area contributed by atoms with Crippen LogP contribution in [0.4, 0.5) is 10.2 Å². The molecule has 4 nitrogen and oxygen atoms in total. The second-order valence-corrected chi connectivity index (χ2v) is 4.06. The van der Waals surface area contributed by atoms with E-state index in [0.717, 1.165) is 0 Å². The Hall–Kier alpha value is -1.23. The number of nitrogens with zero attached hydrogens (tertiary/aromatic N) is 3. The number of aliphatic hydroxyl groups is 1. The maximum Gasteiger partial charge on any atom is 0.220 e. The third kappa shape index (κ3) is 1.79. The summed E-state index contributed by atoms with van der Waals surface area (Å²) in [6.07, 6.45) is 0.856. The number of aliphatic hydroxyl groups excluding tert-OH is 1. The van der Waals surface area contributed by atoms with Crippen molar-refractivity contribution in [2.24, 2.45) is 5.92 Å². The number of β-amino-alcohol motifs (C(OH)–C–C–N with tert-alkyl or cyclic N) is 1. The number of rotatable bonds is 1. The fourth-order valence-electron chi connectivity index (χ4n) is 1.86. The molecule has 2 rings (SSSR count). The molecule has 0 unspecified atom stereocenters. The summed E-state index contributed by atoms with van der Waals surface area (Å²) in [5.41, 5.74) is 0.443. The zero-order valence-electron chi connectivity index (χ0n) is 8.81. The lowest BCUT2D eigenvalue weighted by atomic mass is 10.1. The van der Waals surface area contributed by atoms with Crippen LogP contribution in [0, 0.1) is 18.8 Å². The van der Waals surface area contributed by atoms with Crippen molar-refractivity contribution in [3.63, 3.8) is 0 Å². The Morgan fingerprint density at radius 3 is 2.80 bits per heavy atom. The molecule has 2 heterocycles. The minimum absolute atomic E-state index is 0.197. The van der Waals surface area contributed by atoms with Crippen molar-refractivity contribution in [2.75, 3.05) is 18.0 Å². The van der Waals surface area contributed by atoms with Crippen molar-refractivity contribution in [3.05, 3.63) is 17.8 Å². The van der Waals surface area contributed by atoms with Gasteiger partial charge in [0.05, 0.1) is 6.10 Å². The van der Waals surface area contributed by atoms with Crippen LogP contribution in [0.2, 0.25) is 0 Å². The van der Waals surface area contributed by atoms with E-state index in [1.54, 1.807) is 6.92 Å². The topological polar surface area (TPSA) is 49.2 Å². The first-order chi connectivity index (χ1) is 7.09. The quantitative estimate of drug-likeness (QED) is 0.696. The fourth-order valence-corrected chi connectivity index (χ4v) is 1.86. The first-order valence-electron chi connectivity index (χ1n) is 4.99.